The molecule has 0 saturated carbocycles. The highest BCUT2D eigenvalue weighted by molar-refractivity contribution is 8.01. The van der Waals surface area contributed by atoms with E-state index in [0.29, 0.717) is 15.2 Å². The summed E-state index contributed by atoms with van der Waals surface area (Å²) in [6.07, 6.45) is 4.80. The molecule has 122 valence electrons. The fourth-order valence-electron chi connectivity index (χ4n) is 2.24. The van der Waals surface area contributed by atoms with Gasteiger partial charge in [-0.15, -0.1) is 10.2 Å². The number of piperidine rings is 1. The van der Waals surface area contributed by atoms with Crippen molar-refractivity contribution in [1.29, 1.82) is 0 Å². The Balaban J connectivity index is 1.49. The first-order valence-corrected chi connectivity index (χ1v) is 9.11. The third-order valence-electron chi connectivity index (χ3n) is 3.40. The summed E-state index contributed by atoms with van der Waals surface area (Å²) in [5.74, 6) is 0.327. The van der Waals surface area contributed by atoms with Crippen molar-refractivity contribution >= 4 is 40.0 Å². The monoisotopic (exact) mass is 352 g/mol. The maximum absolute atomic E-state index is 12.1. The lowest BCUT2D eigenvalue weighted by Crippen LogP contribution is -2.36. The van der Waals surface area contributed by atoms with Crippen LogP contribution in [0.25, 0.3) is 0 Å². The van der Waals surface area contributed by atoms with Crippen molar-refractivity contribution in [3.05, 3.63) is 24.2 Å². The summed E-state index contributed by atoms with van der Waals surface area (Å²) in [6.45, 7) is 1.69. The van der Waals surface area contributed by atoms with Crippen LogP contribution in [0.1, 0.15) is 29.8 Å². The largest absolute Gasteiger partial charge is 0.459 e. The first-order valence-electron chi connectivity index (χ1n) is 7.31. The molecule has 1 aliphatic rings. The predicted octanol–water partition coefficient (Wildman–Crippen LogP) is 2.49. The number of carbonyl (C=O) groups is 2. The second-order valence-corrected chi connectivity index (χ2v) is 7.23. The Morgan fingerprint density at radius 2 is 2.13 bits per heavy atom. The SMILES string of the molecule is O=C(Nc1nnc(SCC(=O)N2CCCCC2)s1)c1ccco1. The molecule has 0 spiro atoms. The minimum Gasteiger partial charge on any atom is -0.459 e. The van der Waals surface area contributed by atoms with E-state index >= 15 is 0 Å². The first-order chi connectivity index (χ1) is 11.2. The number of rotatable bonds is 5. The van der Waals surface area contributed by atoms with E-state index in [-0.39, 0.29) is 17.6 Å². The van der Waals surface area contributed by atoms with Gasteiger partial charge < -0.3 is 9.32 Å². The molecule has 3 rings (SSSR count). The summed E-state index contributed by atoms with van der Waals surface area (Å²) in [5.41, 5.74) is 0. The van der Waals surface area contributed by atoms with Gasteiger partial charge in [-0.3, -0.25) is 14.9 Å². The van der Waals surface area contributed by atoms with E-state index in [1.807, 2.05) is 4.90 Å². The van der Waals surface area contributed by atoms with Gasteiger partial charge in [0.25, 0.3) is 5.91 Å². The van der Waals surface area contributed by atoms with Crippen LogP contribution >= 0.6 is 23.1 Å². The molecule has 2 aromatic heterocycles. The van der Waals surface area contributed by atoms with Gasteiger partial charge in [-0.05, 0) is 31.4 Å². The molecule has 0 bridgehead atoms. The molecule has 1 N–H and O–H groups in total. The highest BCUT2D eigenvalue weighted by Crippen LogP contribution is 2.26. The van der Waals surface area contributed by atoms with Crippen LogP contribution in [0.15, 0.2) is 27.2 Å². The third kappa shape index (κ3) is 4.32. The maximum Gasteiger partial charge on any atom is 0.293 e. The number of carbonyl (C=O) groups excluding carboxylic acids is 2. The fourth-order valence-corrected chi connectivity index (χ4v) is 3.89. The van der Waals surface area contributed by atoms with Crippen molar-refractivity contribution in [3.8, 4) is 0 Å². The van der Waals surface area contributed by atoms with E-state index < -0.39 is 0 Å². The quantitative estimate of drug-likeness (QED) is 0.657. The van der Waals surface area contributed by atoms with Crippen molar-refractivity contribution in [2.45, 2.75) is 23.6 Å². The molecule has 2 aromatic rings. The van der Waals surface area contributed by atoms with Gasteiger partial charge in [0.15, 0.2) is 10.1 Å². The zero-order chi connectivity index (χ0) is 16.1. The lowest BCUT2D eigenvalue weighted by molar-refractivity contribution is -0.129. The summed E-state index contributed by atoms with van der Waals surface area (Å²) >= 11 is 2.59. The number of nitrogens with zero attached hydrogens (tertiary/aromatic N) is 3. The summed E-state index contributed by atoms with van der Waals surface area (Å²) < 4.78 is 5.67. The lowest BCUT2D eigenvalue weighted by Gasteiger charge is -2.26. The molecule has 0 unspecified atom stereocenters. The van der Waals surface area contributed by atoms with Crippen molar-refractivity contribution in [2.75, 3.05) is 24.2 Å². The Kier molecular flexibility index (Phi) is 5.29. The van der Waals surface area contributed by atoms with E-state index in [2.05, 4.69) is 15.5 Å². The van der Waals surface area contributed by atoms with Crippen LogP contribution in [0.4, 0.5) is 5.13 Å². The highest BCUT2D eigenvalue weighted by atomic mass is 32.2. The minimum atomic E-state index is -0.368. The predicted molar refractivity (Wildman–Crippen MR) is 87.7 cm³/mol. The lowest BCUT2D eigenvalue weighted by atomic mass is 10.1. The summed E-state index contributed by atoms with van der Waals surface area (Å²) in [5, 5.41) is 10.9. The van der Waals surface area contributed by atoms with E-state index in [1.165, 1.54) is 35.8 Å². The van der Waals surface area contributed by atoms with Crippen molar-refractivity contribution in [1.82, 2.24) is 15.1 Å². The maximum atomic E-state index is 12.1. The molecule has 1 fully saturated rings. The van der Waals surface area contributed by atoms with Gasteiger partial charge in [0, 0.05) is 13.1 Å². The number of amides is 2. The molecular weight excluding hydrogens is 336 g/mol. The van der Waals surface area contributed by atoms with E-state index in [9.17, 15) is 9.59 Å². The number of aromatic nitrogens is 2. The Morgan fingerprint density at radius 3 is 2.87 bits per heavy atom. The number of likely N-dealkylation sites (tertiary alicyclic amines) is 1. The number of furan rings is 1. The van der Waals surface area contributed by atoms with Crippen LogP contribution in [0.3, 0.4) is 0 Å². The van der Waals surface area contributed by atoms with Crippen molar-refractivity contribution in [2.24, 2.45) is 0 Å². The highest BCUT2D eigenvalue weighted by Gasteiger charge is 2.18. The van der Waals surface area contributed by atoms with Crippen LogP contribution in [0.5, 0.6) is 0 Å². The van der Waals surface area contributed by atoms with Gasteiger partial charge in [0.2, 0.25) is 11.0 Å². The molecule has 0 aliphatic carbocycles. The molecular formula is C14H16N4O3S2. The van der Waals surface area contributed by atoms with Crippen molar-refractivity contribution in [3.63, 3.8) is 0 Å². The van der Waals surface area contributed by atoms with Gasteiger partial charge in [0.05, 0.1) is 12.0 Å². The average molecular weight is 352 g/mol. The second kappa shape index (κ2) is 7.60. The number of thioether (sulfide) groups is 1. The molecule has 0 aromatic carbocycles. The van der Waals surface area contributed by atoms with Gasteiger partial charge >= 0.3 is 0 Å². The number of nitrogens with one attached hydrogen (secondary N) is 1. The number of anilines is 1. The zero-order valence-electron chi connectivity index (χ0n) is 12.4. The first kappa shape index (κ1) is 16.0. The smallest absolute Gasteiger partial charge is 0.293 e. The van der Waals surface area contributed by atoms with Crippen LogP contribution in [-0.4, -0.2) is 45.8 Å². The van der Waals surface area contributed by atoms with Gasteiger partial charge in [-0.2, -0.15) is 0 Å². The summed E-state index contributed by atoms with van der Waals surface area (Å²) in [7, 11) is 0. The molecule has 23 heavy (non-hydrogen) atoms. The van der Waals surface area contributed by atoms with Crippen LogP contribution in [0, 0.1) is 0 Å². The van der Waals surface area contributed by atoms with Crippen LogP contribution in [0.2, 0.25) is 0 Å². The Hall–Kier alpha value is -1.87. The van der Waals surface area contributed by atoms with Gasteiger partial charge in [0.1, 0.15) is 0 Å². The van der Waals surface area contributed by atoms with Gasteiger partial charge in [-0.25, -0.2) is 0 Å². The molecule has 3 heterocycles. The number of hydrogen-bond acceptors (Lipinski definition) is 7. The van der Waals surface area contributed by atoms with E-state index in [1.54, 1.807) is 12.1 Å². The molecule has 9 heteroatoms. The number of hydrogen-bond donors (Lipinski definition) is 1. The molecule has 0 atom stereocenters. The fraction of sp³-hybridized carbons (Fsp3) is 0.429. The van der Waals surface area contributed by atoms with Gasteiger partial charge in [-0.1, -0.05) is 23.1 Å². The summed E-state index contributed by atoms with van der Waals surface area (Å²) in [6, 6.07) is 3.21. The van der Waals surface area contributed by atoms with Crippen LogP contribution in [-0.2, 0) is 4.79 Å². The summed E-state index contributed by atoms with van der Waals surface area (Å²) in [4.78, 5) is 25.8. The molecule has 2 amide bonds. The second-order valence-electron chi connectivity index (χ2n) is 5.03. The minimum absolute atomic E-state index is 0.131. The molecule has 7 nitrogen and oxygen atoms in total. The topological polar surface area (TPSA) is 88.3 Å². The molecule has 0 radical (unpaired) electrons. The van der Waals surface area contributed by atoms with E-state index in [4.69, 9.17) is 4.42 Å². The normalized spacial score (nSPS) is 14.7. The van der Waals surface area contributed by atoms with E-state index in [0.717, 1.165) is 25.9 Å². The van der Waals surface area contributed by atoms with Crippen LogP contribution < -0.4 is 5.32 Å². The standard InChI is InChI=1S/C14H16N4O3S2/c19-11(18-6-2-1-3-7-18)9-22-14-17-16-13(23-14)15-12(20)10-5-4-8-21-10/h4-5,8H,1-3,6-7,9H2,(H,15,16,20). The Morgan fingerprint density at radius 1 is 1.30 bits per heavy atom. The third-order valence-corrected chi connectivity index (χ3v) is 5.36. The molecule has 1 aliphatic heterocycles. The zero-order valence-corrected chi connectivity index (χ0v) is 14.0. The Labute approximate surface area is 141 Å². The molecule has 1 saturated heterocycles. The van der Waals surface area contributed by atoms with Crippen molar-refractivity contribution < 1.29 is 14.0 Å². The Bertz CT molecular complexity index is 665. The average Bonchev–Trinajstić information content (AvgIpc) is 3.25.